The molecule has 1 atom stereocenters. The van der Waals surface area contributed by atoms with E-state index in [1.807, 2.05) is 0 Å². The monoisotopic (exact) mass is 372 g/mol. The van der Waals surface area contributed by atoms with Crippen molar-refractivity contribution in [2.45, 2.75) is 23.8 Å². The predicted octanol–water partition coefficient (Wildman–Crippen LogP) is 0.774. The zero-order valence-corrected chi connectivity index (χ0v) is 14.7. The highest BCUT2D eigenvalue weighted by molar-refractivity contribution is 7.99. The van der Waals surface area contributed by atoms with Gasteiger partial charge in [-0.3, -0.25) is 9.59 Å². The number of thioether (sulfide) groups is 1. The highest BCUT2D eigenvalue weighted by atomic mass is 32.2. The molecule has 1 fully saturated rings. The molecule has 9 heteroatoms. The first kappa shape index (κ1) is 18.8. The Labute approximate surface area is 145 Å². The van der Waals surface area contributed by atoms with Crippen molar-refractivity contribution in [3.05, 3.63) is 30.3 Å². The topological polar surface area (TPSA) is 104 Å². The highest BCUT2D eigenvalue weighted by Crippen LogP contribution is 2.26. The van der Waals surface area contributed by atoms with Crippen molar-refractivity contribution in [1.29, 1.82) is 0 Å². The van der Waals surface area contributed by atoms with E-state index in [0.29, 0.717) is 31.7 Å². The fourth-order valence-corrected chi connectivity index (χ4v) is 4.78. The van der Waals surface area contributed by atoms with Crippen LogP contribution < -0.4 is 5.32 Å². The molecule has 132 valence electrons. The largest absolute Gasteiger partial charge is 0.481 e. The zero-order valence-electron chi connectivity index (χ0n) is 13.1. The molecule has 1 unspecified atom stereocenters. The number of amides is 1. The second-order valence-electron chi connectivity index (χ2n) is 5.32. The summed E-state index contributed by atoms with van der Waals surface area (Å²) in [5, 5.41) is 11.2. The summed E-state index contributed by atoms with van der Waals surface area (Å²) in [5.74, 6) is -0.783. The van der Waals surface area contributed by atoms with Crippen molar-refractivity contribution in [2.24, 2.45) is 0 Å². The molecule has 7 nitrogen and oxygen atoms in total. The van der Waals surface area contributed by atoms with Crippen LogP contribution in [-0.2, 0) is 19.6 Å². The van der Waals surface area contributed by atoms with Gasteiger partial charge < -0.3 is 10.4 Å². The molecule has 1 aliphatic rings. The van der Waals surface area contributed by atoms with E-state index in [0.717, 1.165) is 0 Å². The lowest BCUT2D eigenvalue weighted by atomic mass is 10.2. The van der Waals surface area contributed by atoms with Gasteiger partial charge in [0.15, 0.2) is 0 Å². The van der Waals surface area contributed by atoms with Crippen molar-refractivity contribution in [3.8, 4) is 0 Å². The average Bonchev–Trinajstić information content (AvgIpc) is 3.05. The molecule has 24 heavy (non-hydrogen) atoms. The first-order valence-electron chi connectivity index (χ1n) is 7.57. The second-order valence-corrected chi connectivity index (χ2v) is 8.32. The maximum atomic E-state index is 12.7. The van der Waals surface area contributed by atoms with Crippen LogP contribution in [0.3, 0.4) is 0 Å². The number of carboxylic acids is 1. The molecule has 1 amide bonds. The number of nitrogens with zero attached hydrogens (tertiary/aromatic N) is 1. The molecule has 1 heterocycles. The molecule has 2 N–H and O–H groups in total. The van der Waals surface area contributed by atoms with Gasteiger partial charge in [0.1, 0.15) is 6.04 Å². The van der Waals surface area contributed by atoms with Crippen molar-refractivity contribution in [2.75, 3.05) is 24.6 Å². The first-order chi connectivity index (χ1) is 11.4. The second kappa shape index (κ2) is 8.50. The number of hydrogen-bond donors (Lipinski definition) is 2. The maximum absolute atomic E-state index is 12.7. The van der Waals surface area contributed by atoms with Crippen molar-refractivity contribution in [1.82, 2.24) is 9.62 Å². The van der Waals surface area contributed by atoms with Crippen molar-refractivity contribution >= 4 is 33.7 Å². The zero-order chi connectivity index (χ0) is 17.6. The number of carbonyl (C=O) groups excluding carboxylic acids is 1. The van der Waals surface area contributed by atoms with Crippen LogP contribution in [0.2, 0.25) is 0 Å². The fourth-order valence-electron chi connectivity index (χ4n) is 2.54. The molecule has 1 aromatic carbocycles. The lowest BCUT2D eigenvalue weighted by Crippen LogP contribution is -2.46. The van der Waals surface area contributed by atoms with Crippen LogP contribution in [-0.4, -0.2) is 60.3 Å². The lowest BCUT2D eigenvalue weighted by Gasteiger charge is -2.23. The third-order valence-corrected chi connectivity index (χ3v) is 6.49. The number of hydrogen-bond acceptors (Lipinski definition) is 5. The Bertz CT molecular complexity index is 678. The van der Waals surface area contributed by atoms with Gasteiger partial charge in [-0.15, -0.1) is 11.8 Å². The van der Waals surface area contributed by atoms with E-state index in [9.17, 15) is 18.0 Å². The van der Waals surface area contributed by atoms with E-state index in [1.165, 1.54) is 28.2 Å². The number of rotatable bonds is 8. The van der Waals surface area contributed by atoms with E-state index in [4.69, 9.17) is 5.11 Å². The number of aliphatic carboxylic acids is 1. The molecule has 1 aromatic rings. The Kier molecular flexibility index (Phi) is 6.64. The SMILES string of the molecule is O=C(O)CSCCNC(=O)C1CCCN1S(=O)(=O)c1ccccc1. The minimum absolute atomic E-state index is 0.0200. The summed E-state index contributed by atoms with van der Waals surface area (Å²) < 4.78 is 26.6. The van der Waals surface area contributed by atoms with E-state index >= 15 is 0 Å². The number of nitrogens with one attached hydrogen (secondary N) is 1. The quantitative estimate of drug-likeness (QED) is 0.654. The van der Waals surface area contributed by atoms with Gasteiger partial charge in [-0.05, 0) is 25.0 Å². The average molecular weight is 372 g/mol. The van der Waals surface area contributed by atoms with Crippen LogP contribution in [0.4, 0.5) is 0 Å². The molecular formula is C15H20N2O5S2. The van der Waals surface area contributed by atoms with Gasteiger partial charge in [0, 0.05) is 18.8 Å². The van der Waals surface area contributed by atoms with Crippen LogP contribution >= 0.6 is 11.8 Å². The number of benzene rings is 1. The molecule has 1 aliphatic heterocycles. The van der Waals surface area contributed by atoms with E-state index in [2.05, 4.69) is 5.32 Å². The Hall–Kier alpha value is -1.58. The van der Waals surface area contributed by atoms with Crippen LogP contribution in [0.5, 0.6) is 0 Å². The summed E-state index contributed by atoms with van der Waals surface area (Å²) >= 11 is 1.20. The summed E-state index contributed by atoms with van der Waals surface area (Å²) in [4.78, 5) is 22.9. The Balaban J connectivity index is 1.95. The normalized spacial score (nSPS) is 18.4. The molecule has 1 saturated heterocycles. The third-order valence-electron chi connectivity index (χ3n) is 3.63. The van der Waals surface area contributed by atoms with Crippen LogP contribution in [0.1, 0.15) is 12.8 Å². The number of carbonyl (C=O) groups is 2. The van der Waals surface area contributed by atoms with Crippen LogP contribution in [0, 0.1) is 0 Å². The molecule has 0 spiro atoms. The van der Waals surface area contributed by atoms with Crippen LogP contribution in [0.25, 0.3) is 0 Å². The highest BCUT2D eigenvalue weighted by Gasteiger charge is 2.39. The molecular weight excluding hydrogens is 352 g/mol. The summed E-state index contributed by atoms with van der Waals surface area (Å²) in [6.45, 7) is 0.635. The van der Waals surface area contributed by atoms with Gasteiger partial charge in [-0.1, -0.05) is 18.2 Å². The molecule has 0 radical (unpaired) electrons. The minimum Gasteiger partial charge on any atom is -0.481 e. The van der Waals surface area contributed by atoms with Crippen LogP contribution in [0.15, 0.2) is 35.2 Å². The Morgan fingerprint density at radius 2 is 2.00 bits per heavy atom. The van der Waals surface area contributed by atoms with E-state index < -0.39 is 22.0 Å². The Morgan fingerprint density at radius 1 is 1.29 bits per heavy atom. The molecule has 0 aromatic heterocycles. The van der Waals surface area contributed by atoms with Gasteiger partial charge in [0.2, 0.25) is 15.9 Å². The standard InChI is InChI=1S/C15H20N2O5S2/c18-14(19)11-23-10-8-16-15(20)13-7-4-9-17(13)24(21,22)12-5-2-1-3-6-12/h1-3,5-6,13H,4,7-11H2,(H,16,20)(H,18,19). The molecule has 2 rings (SSSR count). The first-order valence-corrected chi connectivity index (χ1v) is 10.2. The van der Waals surface area contributed by atoms with Crippen molar-refractivity contribution < 1.29 is 23.1 Å². The predicted molar refractivity (Wildman–Crippen MR) is 91.3 cm³/mol. The summed E-state index contributed by atoms with van der Waals surface area (Å²) in [5.41, 5.74) is 0. The summed E-state index contributed by atoms with van der Waals surface area (Å²) in [6, 6.07) is 7.37. The van der Waals surface area contributed by atoms with Gasteiger partial charge in [-0.2, -0.15) is 4.31 Å². The summed E-state index contributed by atoms with van der Waals surface area (Å²) in [7, 11) is -3.69. The minimum atomic E-state index is -3.69. The van der Waals surface area contributed by atoms with Gasteiger partial charge in [0.25, 0.3) is 0 Å². The van der Waals surface area contributed by atoms with Gasteiger partial charge in [-0.25, -0.2) is 8.42 Å². The third kappa shape index (κ3) is 4.71. The molecule has 0 aliphatic carbocycles. The smallest absolute Gasteiger partial charge is 0.313 e. The number of sulfonamides is 1. The van der Waals surface area contributed by atoms with Gasteiger partial charge in [0.05, 0.1) is 10.6 Å². The lowest BCUT2D eigenvalue weighted by molar-refractivity contribution is -0.133. The van der Waals surface area contributed by atoms with E-state index in [-0.39, 0.29) is 16.6 Å². The molecule has 0 saturated carbocycles. The maximum Gasteiger partial charge on any atom is 0.313 e. The van der Waals surface area contributed by atoms with E-state index in [1.54, 1.807) is 18.2 Å². The fraction of sp³-hybridized carbons (Fsp3) is 0.467. The molecule has 0 bridgehead atoms. The Morgan fingerprint density at radius 3 is 2.67 bits per heavy atom. The number of carboxylic acid groups (broad SMARTS) is 1. The van der Waals surface area contributed by atoms with Gasteiger partial charge >= 0.3 is 5.97 Å². The van der Waals surface area contributed by atoms with Crippen molar-refractivity contribution in [3.63, 3.8) is 0 Å². The summed E-state index contributed by atoms with van der Waals surface area (Å²) in [6.07, 6.45) is 1.12.